The van der Waals surface area contributed by atoms with Gasteiger partial charge in [-0.2, -0.15) is 0 Å². The molecule has 1 aliphatic rings. The summed E-state index contributed by atoms with van der Waals surface area (Å²) in [6, 6.07) is 20.7. The molecule has 0 aliphatic heterocycles. The lowest BCUT2D eigenvalue weighted by Crippen LogP contribution is -2.05. The molecule has 0 fully saturated rings. The van der Waals surface area contributed by atoms with Crippen molar-refractivity contribution in [3.05, 3.63) is 77.4 Å². The van der Waals surface area contributed by atoms with E-state index in [0.29, 0.717) is 5.92 Å². The van der Waals surface area contributed by atoms with Crippen LogP contribution in [0.1, 0.15) is 30.4 Å². The predicted molar refractivity (Wildman–Crippen MR) is 78.8 cm³/mol. The Hall–Kier alpha value is -1.86. The zero-order valence-corrected chi connectivity index (χ0v) is 11.1. The van der Waals surface area contributed by atoms with E-state index in [1.165, 1.54) is 11.1 Å². The zero-order chi connectivity index (χ0) is 13.2. The Morgan fingerprint density at radius 1 is 0.895 bits per heavy atom. The van der Waals surface area contributed by atoms with Gasteiger partial charge in [0.2, 0.25) is 0 Å². The minimum Gasteiger partial charge on any atom is -0.388 e. The van der Waals surface area contributed by atoms with Gasteiger partial charge in [0.15, 0.2) is 0 Å². The minimum atomic E-state index is -0.354. The molecule has 19 heavy (non-hydrogen) atoms. The largest absolute Gasteiger partial charge is 0.388 e. The fourth-order valence-corrected chi connectivity index (χ4v) is 3.08. The van der Waals surface area contributed by atoms with Gasteiger partial charge in [-0.15, -0.1) is 0 Å². The van der Waals surface area contributed by atoms with Crippen LogP contribution in [0.25, 0.3) is 5.57 Å². The highest BCUT2D eigenvalue weighted by atomic mass is 16.3. The second-order valence-electron chi connectivity index (χ2n) is 5.18. The van der Waals surface area contributed by atoms with Crippen LogP contribution in [-0.4, -0.2) is 11.2 Å². The Labute approximate surface area is 114 Å². The third kappa shape index (κ3) is 2.22. The van der Waals surface area contributed by atoms with Crippen molar-refractivity contribution < 1.29 is 5.11 Å². The molecule has 1 N–H and O–H groups in total. The van der Waals surface area contributed by atoms with Crippen molar-refractivity contribution in [1.82, 2.24) is 0 Å². The monoisotopic (exact) mass is 250 g/mol. The topological polar surface area (TPSA) is 20.2 Å². The van der Waals surface area contributed by atoms with Gasteiger partial charge in [0.05, 0.1) is 6.10 Å². The maximum absolute atomic E-state index is 10.4. The van der Waals surface area contributed by atoms with Crippen LogP contribution in [0.15, 0.2) is 66.2 Å². The smallest absolute Gasteiger partial charge is 0.0804 e. The van der Waals surface area contributed by atoms with Gasteiger partial charge in [-0.25, -0.2) is 0 Å². The van der Waals surface area contributed by atoms with E-state index in [-0.39, 0.29) is 6.10 Å². The lowest BCUT2D eigenvalue weighted by atomic mass is 9.92. The van der Waals surface area contributed by atoms with E-state index in [4.69, 9.17) is 0 Å². The first-order valence-electron chi connectivity index (χ1n) is 6.76. The second-order valence-corrected chi connectivity index (χ2v) is 5.18. The zero-order valence-electron chi connectivity index (χ0n) is 11.1. The normalized spacial score (nSPS) is 22.8. The molecule has 0 radical (unpaired) electrons. The molecular weight excluding hydrogens is 232 g/mol. The molecule has 0 saturated carbocycles. The third-order valence-electron chi connectivity index (χ3n) is 4.03. The van der Waals surface area contributed by atoms with E-state index in [0.717, 1.165) is 17.6 Å². The first-order chi connectivity index (χ1) is 9.27. The van der Waals surface area contributed by atoms with Gasteiger partial charge >= 0.3 is 0 Å². The lowest BCUT2D eigenvalue weighted by Gasteiger charge is -2.12. The van der Waals surface area contributed by atoms with Crippen molar-refractivity contribution in [3.8, 4) is 0 Å². The van der Waals surface area contributed by atoms with Crippen molar-refractivity contribution in [1.29, 1.82) is 0 Å². The van der Waals surface area contributed by atoms with E-state index < -0.39 is 0 Å². The highest BCUT2D eigenvalue weighted by Gasteiger charge is 2.31. The van der Waals surface area contributed by atoms with Crippen LogP contribution in [0.4, 0.5) is 0 Å². The van der Waals surface area contributed by atoms with Crippen molar-refractivity contribution in [2.45, 2.75) is 25.4 Å². The third-order valence-corrected chi connectivity index (χ3v) is 4.03. The van der Waals surface area contributed by atoms with Crippen LogP contribution < -0.4 is 0 Å². The summed E-state index contributed by atoms with van der Waals surface area (Å²) in [4.78, 5) is 0. The number of allylic oxidation sites excluding steroid dienone is 1. The van der Waals surface area contributed by atoms with Crippen molar-refractivity contribution in [2.75, 3.05) is 0 Å². The van der Waals surface area contributed by atoms with Crippen LogP contribution >= 0.6 is 0 Å². The highest BCUT2D eigenvalue weighted by molar-refractivity contribution is 5.75. The summed E-state index contributed by atoms with van der Waals surface area (Å²) in [5.41, 5.74) is 4.84. The first kappa shape index (κ1) is 12.2. The van der Waals surface area contributed by atoms with Crippen LogP contribution in [0, 0.1) is 0 Å². The molecule has 2 aromatic rings. The molecule has 0 aromatic heterocycles. The maximum atomic E-state index is 10.4. The molecule has 0 unspecified atom stereocenters. The molecule has 1 aliphatic carbocycles. The number of aliphatic hydroxyl groups excluding tert-OH is 1. The van der Waals surface area contributed by atoms with Crippen LogP contribution in [0.3, 0.4) is 0 Å². The molecule has 0 bridgehead atoms. The van der Waals surface area contributed by atoms with Gasteiger partial charge in [-0.1, -0.05) is 66.2 Å². The van der Waals surface area contributed by atoms with Gasteiger partial charge in [-0.05, 0) is 30.0 Å². The number of rotatable bonds is 2. The van der Waals surface area contributed by atoms with E-state index in [9.17, 15) is 5.11 Å². The van der Waals surface area contributed by atoms with Crippen molar-refractivity contribution >= 4 is 5.57 Å². The highest BCUT2D eigenvalue weighted by Crippen LogP contribution is 2.43. The van der Waals surface area contributed by atoms with E-state index in [1.54, 1.807) is 0 Å². The summed E-state index contributed by atoms with van der Waals surface area (Å²) in [5, 5.41) is 10.4. The van der Waals surface area contributed by atoms with Crippen LogP contribution in [-0.2, 0) is 0 Å². The van der Waals surface area contributed by atoms with Crippen molar-refractivity contribution in [3.63, 3.8) is 0 Å². The number of hydrogen-bond acceptors (Lipinski definition) is 1. The second kappa shape index (κ2) is 5.02. The standard InChI is InChI=1S/C18H18O/c1-13-16(14-8-4-2-5-9-14)12-17(19)18(13)15-10-6-3-7-11-15/h2-11,16-17,19H,12H2,1H3/t16-,17+/m0/s1. The van der Waals surface area contributed by atoms with Gasteiger partial charge in [-0.3, -0.25) is 0 Å². The summed E-state index contributed by atoms with van der Waals surface area (Å²) in [7, 11) is 0. The molecule has 1 nitrogen and oxygen atoms in total. The van der Waals surface area contributed by atoms with Crippen LogP contribution in [0.5, 0.6) is 0 Å². The Kier molecular flexibility index (Phi) is 3.22. The summed E-state index contributed by atoms with van der Waals surface area (Å²) in [6.07, 6.45) is 0.438. The molecular formula is C18H18O. The first-order valence-corrected chi connectivity index (χ1v) is 6.76. The van der Waals surface area contributed by atoms with Gasteiger partial charge in [0, 0.05) is 5.92 Å². The molecule has 0 spiro atoms. The molecule has 0 heterocycles. The van der Waals surface area contributed by atoms with Gasteiger partial charge in [0.1, 0.15) is 0 Å². The Bertz CT molecular complexity index is 584. The van der Waals surface area contributed by atoms with Crippen LogP contribution in [0.2, 0.25) is 0 Å². The quantitative estimate of drug-likeness (QED) is 0.854. The summed E-state index contributed by atoms with van der Waals surface area (Å²) < 4.78 is 0. The molecule has 1 heteroatoms. The molecule has 3 rings (SSSR count). The number of aliphatic hydroxyl groups is 1. The molecule has 2 atom stereocenters. The van der Waals surface area contributed by atoms with Gasteiger partial charge < -0.3 is 5.11 Å². The molecule has 2 aromatic carbocycles. The average Bonchev–Trinajstić information content (AvgIpc) is 2.76. The molecule has 0 amide bonds. The average molecular weight is 250 g/mol. The van der Waals surface area contributed by atoms with E-state index >= 15 is 0 Å². The minimum absolute atomic E-state index is 0.339. The molecule has 96 valence electrons. The summed E-state index contributed by atoms with van der Waals surface area (Å²) in [6.45, 7) is 2.15. The summed E-state index contributed by atoms with van der Waals surface area (Å²) >= 11 is 0. The van der Waals surface area contributed by atoms with Crippen molar-refractivity contribution in [2.24, 2.45) is 0 Å². The number of hydrogen-bond donors (Lipinski definition) is 1. The lowest BCUT2D eigenvalue weighted by molar-refractivity contribution is 0.226. The number of benzene rings is 2. The maximum Gasteiger partial charge on any atom is 0.0804 e. The Morgan fingerprint density at radius 3 is 2.11 bits per heavy atom. The van der Waals surface area contributed by atoms with Gasteiger partial charge in [0.25, 0.3) is 0 Å². The van der Waals surface area contributed by atoms with E-state index in [1.807, 2.05) is 24.3 Å². The molecule has 0 saturated heterocycles. The Balaban J connectivity index is 2.02. The Morgan fingerprint density at radius 2 is 1.47 bits per heavy atom. The predicted octanol–water partition coefficient (Wildman–Crippen LogP) is 4.01. The fourth-order valence-electron chi connectivity index (χ4n) is 3.08. The summed E-state index contributed by atoms with van der Waals surface area (Å²) in [5.74, 6) is 0.339. The SMILES string of the molecule is CC1=C(c2ccccc2)[C@H](O)C[C@@H]1c1ccccc1. The van der Waals surface area contributed by atoms with E-state index in [2.05, 4.69) is 43.3 Å². The fraction of sp³-hybridized carbons (Fsp3) is 0.222.